The number of hydrogen-bond acceptors (Lipinski definition) is 2. The highest BCUT2D eigenvalue weighted by Gasteiger charge is 2.15. The van der Waals surface area contributed by atoms with Crippen LogP contribution in [0.15, 0.2) is 43.2 Å². The molecule has 0 amide bonds. The lowest BCUT2D eigenvalue weighted by atomic mass is 9.96. The van der Waals surface area contributed by atoms with Crippen molar-refractivity contribution >= 4 is 6.20 Å². The highest BCUT2D eigenvalue weighted by Crippen LogP contribution is 2.22. The molecule has 0 aliphatic carbocycles. The topological polar surface area (TPSA) is 29.9 Å². The zero-order chi connectivity index (χ0) is 14.5. The molecular formula is C16H20FN3. The fourth-order valence-corrected chi connectivity index (χ4v) is 2.20. The van der Waals surface area contributed by atoms with Crippen LogP contribution in [0.2, 0.25) is 0 Å². The lowest BCUT2D eigenvalue weighted by molar-refractivity contribution is 0.410. The molecule has 0 aliphatic rings. The molecular weight excluding hydrogens is 253 g/mol. The summed E-state index contributed by atoms with van der Waals surface area (Å²) < 4.78 is 14.7. The van der Waals surface area contributed by atoms with E-state index >= 15 is 0 Å². The van der Waals surface area contributed by atoms with Crippen LogP contribution in [0.5, 0.6) is 0 Å². The fourth-order valence-electron chi connectivity index (χ4n) is 2.20. The van der Waals surface area contributed by atoms with E-state index in [1.54, 1.807) is 10.9 Å². The zero-order valence-corrected chi connectivity index (χ0v) is 11.9. The summed E-state index contributed by atoms with van der Waals surface area (Å²) in [5, 5.41) is 7.65. The van der Waals surface area contributed by atoms with Crippen molar-refractivity contribution in [2.45, 2.75) is 26.4 Å². The van der Waals surface area contributed by atoms with E-state index < -0.39 is 0 Å². The van der Waals surface area contributed by atoms with E-state index in [2.05, 4.69) is 30.8 Å². The number of benzene rings is 1. The van der Waals surface area contributed by atoms with Gasteiger partial charge in [-0.3, -0.25) is 0 Å². The van der Waals surface area contributed by atoms with Crippen LogP contribution in [0.25, 0.3) is 6.20 Å². The quantitative estimate of drug-likeness (QED) is 0.871. The van der Waals surface area contributed by atoms with Gasteiger partial charge in [0.1, 0.15) is 5.82 Å². The van der Waals surface area contributed by atoms with Gasteiger partial charge in [0, 0.05) is 30.5 Å². The van der Waals surface area contributed by atoms with Crippen LogP contribution >= 0.6 is 0 Å². The molecule has 2 rings (SSSR count). The summed E-state index contributed by atoms with van der Waals surface area (Å²) in [6.45, 7) is 8.68. The van der Waals surface area contributed by atoms with Crippen LogP contribution in [0.1, 0.15) is 31.0 Å². The molecule has 1 heterocycles. The third-order valence-corrected chi connectivity index (χ3v) is 3.26. The molecule has 20 heavy (non-hydrogen) atoms. The molecule has 0 spiro atoms. The Morgan fingerprint density at radius 2 is 2.05 bits per heavy atom. The van der Waals surface area contributed by atoms with E-state index in [1.807, 2.05) is 24.5 Å². The van der Waals surface area contributed by atoms with Crippen molar-refractivity contribution in [3.8, 4) is 0 Å². The van der Waals surface area contributed by atoms with Gasteiger partial charge in [0.25, 0.3) is 0 Å². The van der Waals surface area contributed by atoms with Crippen LogP contribution in [-0.2, 0) is 6.54 Å². The summed E-state index contributed by atoms with van der Waals surface area (Å²) in [5.41, 5.74) is 2.19. The van der Waals surface area contributed by atoms with Gasteiger partial charge in [0.05, 0.1) is 6.20 Å². The Balaban J connectivity index is 2.06. The van der Waals surface area contributed by atoms with Gasteiger partial charge in [-0.1, -0.05) is 32.6 Å². The molecule has 1 N–H and O–H groups in total. The van der Waals surface area contributed by atoms with Gasteiger partial charge in [-0.2, -0.15) is 5.10 Å². The average Bonchev–Trinajstić information content (AvgIpc) is 2.88. The standard InChI is InChI=1S/C16H20FN3/c1-4-20-11-13(10-19-20)9-18-16(12(2)3)14-5-7-15(17)8-6-14/h4-8,10-12,16,18H,1,9H2,2-3H3. The molecule has 1 aromatic carbocycles. The Kier molecular flexibility index (Phi) is 4.69. The lowest BCUT2D eigenvalue weighted by Gasteiger charge is -2.22. The molecule has 4 heteroatoms. The SMILES string of the molecule is C=Cn1cc(CNC(c2ccc(F)cc2)C(C)C)cn1. The average molecular weight is 273 g/mol. The van der Waals surface area contributed by atoms with Gasteiger partial charge < -0.3 is 5.32 Å². The van der Waals surface area contributed by atoms with Gasteiger partial charge in [-0.15, -0.1) is 0 Å². The van der Waals surface area contributed by atoms with Crippen molar-refractivity contribution < 1.29 is 4.39 Å². The van der Waals surface area contributed by atoms with Crippen molar-refractivity contribution in [1.29, 1.82) is 0 Å². The lowest BCUT2D eigenvalue weighted by Crippen LogP contribution is -2.25. The summed E-state index contributed by atoms with van der Waals surface area (Å²) in [7, 11) is 0. The summed E-state index contributed by atoms with van der Waals surface area (Å²) in [4.78, 5) is 0. The van der Waals surface area contributed by atoms with Gasteiger partial charge >= 0.3 is 0 Å². The summed E-state index contributed by atoms with van der Waals surface area (Å²) >= 11 is 0. The predicted octanol–water partition coefficient (Wildman–Crippen LogP) is 3.61. The third kappa shape index (κ3) is 3.54. The van der Waals surface area contributed by atoms with Gasteiger partial charge in [-0.25, -0.2) is 9.07 Å². The maximum absolute atomic E-state index is 13.0. The number of nitrogens with zero attached hydrogens (tertiary/aromatic N) is 2. The molecule has 0 radical (unpaired) electrons. The minimum atomic E-state index is -0.205. The maximum atomic E-state index is 13.0. The smallest absolute Gasteiger partial charge is 0.123 e. The van der Waals surface area contributed by atoms with Gasteiger partial charge in [0.2, 0.25) is 0 Å². The number of nitrogens with one attached hydrogen (secondary N) is 1. The first kappa shape index (κ1) is 14.5. The molecule has 1 atom stereocenters. The molecule has 2 aromatic rings. The summed E-state index contributed by atoms with van der Waals surface area (Å²) in [6.07, 6.45) is 5.40. The van der Waals surface area contributed by atoms with Crippen molar-refractivity contribution in [1.82, 2.24) is 15.1 Å². The van der Waals surface area contributed by atoms with Crippen molar-refractivity contribution in [2.24, 2.45) is 5.92 Å². The Hall–Kier alpha value is -1.94. The Morgan fingerprint density at radius 3 is 2.60 bits per heavy atom. The number of halogens is 1. The largest absolute Gasteiger partial charge is 0.306 e. The van der Waals surface area contributed by atoms with E-state index in [-0.39, 0.29) is 11.9 Å². The normalized spacial score (nSPS) is 12.6. The van der Waals surface area contributed by atoms with Crippen LogP contribution in [-0.4, -0.2) is 9.78 Å². The minimum Gasteiger partial charge on any atom is -0.306 e. The first-order chi connectivity index (χ1) is 9.60. The van der Waals surface area contributed by atoms with E-state index in [0.29, 0.717) is 12.5 Å². The fraction of sp³-hybridized carbons (Fsp3) is 0.312. The molecule has 0 bridgehead atoms. The third-order valence-electron chi connectivity index (χ3n) is 3.26. The van der Waals surface area contributed by atoms with Crippen LogP contribution in [0, 0.1) is 11.7 Å². The number of rotatable bonds is 6. The molecule has 1 aromatic heterocycles. The minimum absolute atomic E-state index is 0.183. The predicted molar refractivity (Wildman–Crippen MR) is 79.4 cm³/mol. The second-order valence-corrected chi connectivity index (χ2v) is 5.17. The second kappa shape index (κ2) is 6.48. The zero-order valence-electron chi connectivity index (χ0n) is 11.9. The molecule has 3 nitrogen and oxygen atoms in total. The maximum Gasteiger partial charge on any atom is 0.123 e. The van der Waals surface area contributed by atoms with Gasteiger partial charge in [0.15, 0.2) is 0 Å². The van der Waals surface area contributed by atoms with Crippen LogP contribution in [0.3, 0.4) is 0 Å². The second-order valence-electron chi connectivity index (χ2n) is 5.17. The van der Waals surface area contributed by atoms with Crippen molar-refractivity contribution in [3.63, 3.8) is 0 Å². The van der Waals surface area contributed by atoms with E-state index in [4.69, 9.17) is 0 Å². The molecule has 106 valence electrons. The van der Waals surface area contributed by atoms with Crippen LogP contribution in [0.4, 0.5) is 4.39 Å². The number of hydrogen-bond donors (Lipinski definition) is 1. The Bertz CT molecular complexity index is 557. The monoisotopic (exact) mass is 273 g/mol. The van der Waals surface area contributed by atoms with Gasteiger partial charge in [-0.05, 0) is 23.6 Å². The molecule has 1 unspecified atom stereocenters. The van der Waals surface area contributed by atoms with E-state index in [1.165, 1.54) is 12.1 Å². The highest BCUT2D eigenvalue weighted by molar-refractivity contribution is 5.21. The molecule has 0 saturated carbocycles. The van der Waals surface area contributed by atoms with E-state index in [9.17, 15) is 4.39 Å². The molecule has 0 aliphatic heterocycles. The molecule has 0 saturated heterocycles. The van der Waals surface area contributed by atoms with E-state index in [0.717, 1.165) is 11.1 Å². The van der Waals surface area contributed by atoms with Crippen LogP contribution < -0.4 is 5.32 Å². The first-order valence-corrected chi connectivity index (χ1v) is 6.74. The Labute approximate surface area is 119 Å². The van der Waals surface area contributed by atoms with Crippen molar-refractivity contribution in [3.05, 3.63) is 60.2 Å². The number of aromatic nitrogens is 2. The highest BCUT2D eigenvalue weighted by atomic mass is 19.1. The molecule has 0 fully saturated rings. The Morgan fingerprint density at radius 1 is 1.35 bits per heavy atom. The summed E-state index contributed by atoms with van der Waals surface area (Å²) in [6, 6.07) is 6.85. The first-order valence-electron chi connectivity index (χ1n) is 6.74. The summed E-state index contributed by atoms with van der Waals surface area (Å²) in [5.74, 6) is 0.207. The van der Waals surface area contributed by atoms with Crippen molar-refractivity contribution in [2.75, 3.05) is 0 Å².